The molecule has 0 unspecified atom stereocenters. The number of rotatable bonds is 10. The van der Waals surface area contributed by atoms with Crippen molar-refractivity contribution in [3.63, 3.8) is 0 Å². The number of carbonyl (C=O) groups excluding carboxylic acids is 1. The second-order valence-electron chi connectivity index (χ2n) is 7.25. The zero-order valence-electron chi connectivity index (χ0n) is 18.0. The predicted molar refractivity (Wildman–Crippen MR) is 127 cm³/mol. The van der Waals surface area contributed by atoms with Gasteiger partial charge in [0, 0.05) is 48.8 Å². The van der Waals surface area contributed by atoms with Gasteiger partial charge in [0.05, 0.1) is 16.7 Å². The molecule has 0 aliphatic carbocycles. The molecule has 3 rings (SSSR count). The van der Waals surface area contributed by atoms with Gasteiger partial charge in [0.15, 0.2) is 10.9 Å². The first-order valence-corrected chi connectivity index (χ1v) is 11.4. The van der Waals surface area contributed by atoms with Gasteiger partial charge in [0.1, 0.15) is 0 Å². The van der Waals surface area contributed by atoms with E-state index in [9.17, 15) is 9.59 Å². The number of hydrogen-bond donors (Lipinski definition) is 0. The third-order valence-corrected chi connectivity index (χ3v) is 6.34. The van der Waals surface area contributed by atoms with Crippen molar-refractivity contribution in [2.45, 2.75) is 38.5 Å². The van der Waals surface area contributed by atoms with Crippen molar-refractivity contribution in [1.82, 2.24) is 14.1 Å². The first-order valence-electron chi connectivity index (χ1n) is 10.00. The molecule has 0 fully saturated rings. The summed E-state index contributed by atoms with van der Waals surface area (Å²) in [6.45, 7) is 9.48. The van der Waals surface area contributed by atoms with Crippen LogP contribution in [0.2, 0.25) is 5.02 Å². The monoisotopic (exact) mass is 459 g/mol. The summed E-state index contributed by atoms with van der Waals surface area (Å²) in [5, 5.41) is 1.42. The molecule has 0 aliphatic rings. The van der Waals surface area contributed by atoms with Crippen molar-refractivity contribution in [1.29, 1.82) is 0 Å². The van der Waals surface area contributed by atoms with E-state index in [-0.39, 0.29) is 17.1 Å². The Labute approximate surface area is 190 Å². The van der Waals surface area contributed by atoms with E-state index in [1.54, 1.807) is 31.4 Å². The largest absolute Gasteiger partial charge is 0.385 e. The summed E-state index contributed by atoms with van der Waals surface area (Å²) in [4.78, 5) is 30.5. The van der Waals surface area contributed by atoms with Crippen molar-refractivity contribution in [3.05, 3.63) is 69.2 Å². The molecule has 6 nitrogen and oxygen atoms in total. The molecule has 0 aliphatic heterocycles. The fraction of sp³-hybridized carbons (Fsp3) is 0.348. The molecule has 0 amide bonds. The molecule has 0 saturated heterocycles. The highest BCUT2D eigenvalue weighted by molar-refractivity contribution is 7.99. The summed E-state index contributed by atoms with van der Waals surface area (Å²) in [6.07, 6.45) is 2.52. The Balaban J connectivity index is 1.85. The average molecular weight is 460 g/mol. The number of benzene rings is 1. The minimum Gasteiger partial charge on any atom is -0.385 e. The van der Waals surface area contributed by atoms with E-state index in [1.165, 1.54) is 16.3 Å². The van der Waals surface area contributed by atoms with Crippen LogP contribution in [0.25, 0.3) is 10.9 Å². The number of hydrogen-bond acceptors (Lipinski definition) is 5. The van der Waals surface area contributed by atoms with Gasteiger partial charge in [-0.2, -0.15) is 0 Å². The average Bonchev–Trinajstić information content (AvgIpc) is 3.03. The van der Waals surface area contributed by atoms with Crippen LogP contribution in [0.4, 0.5) is 0 Å². The molecule has 164 valence electrons. The summed E-state index contributed by atoms with van der Waals surface area (Å²) in [5.41, 5.74) is 3.06. The van der Waals surface area contributed by atoms with Gasteiger partial charge in [-0.05, 0) is 44.5 Å². The van der Waals surface area contributed by atoms with Crippen LogP contribution < -0.4 is 5.56 Å². The lowest BCUT2D eigenvalue weighted by Crippen LogP contribution is -2.23. The second kappa shape index (κ2) is 10.3. The Kier molecular flexibility index (Phi) is 7.75. The fourth-order valence-corrected chi connectivity index (χ4v) is 4.64. The van der Waals surface area contributed by atoms with Gasteiger partial charge in [-0.25, -0.2) is 4.98 Å². The molecule has 0 spiro atoms. The van der Waals surface area contributed by atoms with E-state index in [4.69, 9.17) is 16.3 Å². The molecule has 2 aromatic heterocycles. The number of nitrogens with zero attached hydrogens (tertiary/aromatic N) is 3. The lowest BCUT2D eigenvalue weighted by Gasteiger charge is -2.12. The van der Waals surface area contributed by atoms with Gasteiger partial charge in [-0.15, -0.1) is 6.58 Å². The maximum Gasteiger partial charge on any atom is 0.262 e. The summed E-state index contributed by atoms with van der Waals surface area (Å²) < 4.78 is 8.80. The van der Waals surface area contributed by atoms with Crippen LogP contribution in [0.1, 0.15) is 28.2 Å². The normalized spacial score (nSPS) is 11.2. The molecule has 1 aromatic carbocycles. The lowest BCUT2D eigenvalue weighted by atomic mass is 10.2. The number of carbonyl (C=O) groups is 1. The number of fused-ring (bicyclic) bond motifs is 1. The van der Waals surface area contributed by atoms with E-state index < -0.39 is 0 Å². The van der Waals surface area contributed by atoms with Crippen LogP contribution in [0.5, 0.6) is 0 Å². The number of allylic oxidation sites excluding steroid dienone is 1. The van der Waals surface area contributed by atoms with Crippen LogP contribution in [-0.2, 0) is 17.8 Å². The van der Waals surface area contributed by atoms with Crippen LogP contribution in [0.3, 0.4) is 0 Å². The van der Waals surface area contributed by atoms with Gasteiger partial charge in [-0.1, -0.05) is 29.4 Å². The SMILES string of the molecule is C=CCn1c(SCC(=O)c2cc(C)n(CCCOC)c2C)nc2ccc(Cl)cc2c1=O. The van der Waals surface area contributed by atoms with E-state index in [0.29, 0.717) is 39.8 Å². The molecular weight excluding hydrogens is 434 g/mol. The molecule has 31 heavy (non-hydrogen) atoms. The van der Waals surface area contributed by atoms with Crippen LogP contribution >= 0.6 is 23.4 Å². The Morgan fingerprint density at radius 1 is 1.29 bits per heavy atom. The molecule has 2 heterocycles. The molecule has 0 radical (unpaired) electrons. The molecule has 0 saturated carbocycles. The maximum atomic E-state index is 13.0. The Bertz CT molecular complexity index is 1180. The summed E-state index contributed by atoms with van der Waals surface area (Å²) in [7, 11) is 1.68. The molecule has 0 N–H and O–H groups in total. The van der Waals surface area contributed by atoms with Gasteiger partial charge in [-0.3, -0.25) is 14.2 Å². The van der Waals surface area contributed by atoms with Crippen molar-refractivity contribution in [2.24, 2.45) is 0 Å². The number of aryl methyl sites for hydroxylation is 1. The maximum absolute atomic E-state index is 13.0. The summed E-state index contributed by atoms with van der Waals surface area (Å²) in [6, 6.07) is 6.96. The van der Waals surface area contributed by atoms with Crippen LogP contribution in [0, 0.1) is 13.8 Å². The molecule has 3 aromatic rings. The molecule has 0 bridgehead atoms. The fourth-order valence-electron chi connectivity index (χ4n) is 3.58. The molecule has 0 atom stereocenters. The van der Waals surface area contributed by atoms with E-state index in [1.807, 2.05) is 19.9 Å². The van der Waals surface area contributed by atoms with E-state index in [0.717, 1.165) is 24.4 Å². The summed E-state index contributed by atoms with van der Waals surface area (Å²) in [5.74, 6) is 0.192. The second-order valence-corrected chi connectivity index (χ2v) is 8.63. The van der Waals surface area contributed by atoms with Crippen molar-refractivity contribution < 1.29 is 9.53 Å². The Morgan fingerprint density at radius 2 is 2.06 bits per heavy atom. The van der Waals surface area contributed by atoms with Crippen molar-refractivity contribution in [3.8, 4) is 0 Å². The Morgan fingerprint density at radius 3 is 2.77 bits per heavy atom. The molecular formula is C23H26ClN3O3S. The zero-order valence-corrected chi connectivity index (χ0v) is 19.6. The smallest absolute Gasteiger partial charge is 0.262 e. The number of ketones is 1. The third kappa shape index (κ3) is 5.11. The van der Waals surface area contributed by atoms with E-state index in [2.05, 4.69) is 16.1 Å². The minimum absolute atomic E-state index is 0.00620. The minimum atomic E-state index is -0.196. The zero-order chi connectivity index (χ0) is 22.5. The van der Waals surface area contributed by atoms with Gasteiger partial charge in [0.25, 0.3) is 5.56 Å². The van der Waals surface area contributed by atoms with E-state index >= 15 is 0 Å². The number of thioether (sulfide) groups is 1. The van der Waals surface area contributed by atoms with Gasteiger partial charge < -0.3 is 9.30 Å². The highest BCUT2D eigenvalue weighted by Gasteiger charge is 2.18. The molecule has 8 heteroatoms. The lowest BCUT2D eigenvalue weighted by molar-refractivity contribution is 0.102. The standard InChI is InChI=1S/C23H26ClN3O3S/c1-5-9-27-22(29)19-13-17(24)7-8-20(19)25-23(27)31-14-21(28)18-12-15(2)26(16(18)3)10-6-11-30-4/h5,7-8,12-13H,1,6,9-11,14H2,2-4H3. The predicted octanol–water partition coefficient (Wildman–Crippen LogP) is 4.67. The Hall–Kier alpha value is -2.35. The number of ether oxygens (including phenoxy) is 1. The number of halogens is 1. The number of aromatic nitrogens is 3. The highest BCUT2D eigenvalue weighted by Crippen LogP contribution is 2.23. The van der Waals surface area contributed by atoms with Crippen molar-refractivity contribution in [2.75, 3.05) is 19.5 Å². The number of methoxy groups -OCH3 is 1. The summed E-state index contributed by atoms with van der Waals surface area (Å²) >= 11 is 7.31. The first-order chi connectivity index (χ1) is 14.9. The highest BCUT2D eigenvalue weighted by atomic mass is 35.5. The number of Topliss-reactive ketones (excluding diaryl/α,β-unsaturated/α-hetero) is 1. The van der Waals surface area contributed by atoms with Crippen LogP contribution in [0.15, 0.2) is 46.9 Å². The third-order valence-electron chi connectivity index (χ3n) is 5.13. The van der Waals surface area contributed by atoms with Gasteiger partial charge >= 0.3 is 0 Å². The van der Waals surface area contributed by atoms with Crippen molar-refractivity contribution >= 4 is 40.0 Å². The quantitative estimate of drug-likeness (QED) is 0.145. The van der Waals surface area contributed by atoms with Crippen LogP contribution in [-0.4, -0.2) is 39.4 Å². The topological polar surface area (TPSA) is 66.1 Å². The first kappa shape index (κ1) is 23.3. The van der Waals surface area contributed by atoms with Gasteiger partial charge in [0.2, 0.25) is 0 Å².